The van der Waals surface area contributed by atoms with Gasteiger partial charge in [-0.15, -0.1) is 0 Å². The Balaban J connectivity index is 1.57. The predicted octanol–water partition coefficient (Wildman–Crippen LogP) is 1.12. The zero-order valence-corrected chi connectivity index (χ0v) is 9.84. The Morgan fingerprint density at radius 1 is 1.18 bits per heavy atom. The van der Waals surface area contributed by atoms with Gasteiger partial charge in [0.2, 0.25) is 0 Å². The molecule has 5 rings (SSSR count). The second-order valence-corrected chi connectivity index (χ2v) is 6.77. The highest BCUT2D eigenvalue weighted by Crippen LogP contribution is 2.83. The van der Waals surface area contributed by atoms with E-state index in [2.05, 4.69) is 0 Å². The highest BCUT2D eigenvalue weighted by Gasteiger charge is 2.83. The fraction of sp³-hybridized carbons (Fsp3) is 0.857. The van der Waals surface area contributed by atoms with Crippen molar-refractivity contribution in [1.29, 1.82) is 0 Å². The predicted molar refractivity (Wildman–Crippen MR) is 57.7 cm³/mol. The molecule has 0 radical (unpaired) electrons. The Morgan fingerprint density at radius 3 is 2.76 bits per heavy atom. The summed E-state index contributed by atoms with van der Waals surface area (Å²) in [5.41, 5.74) is 0. The summed E-state index contributed by atoms with van der Waals surface area (Å²) in [5, 5.41) is 0. The maximum Gasteiger partial charge on any atom is 0.305 e. The quantitative estimate of drug-likeness (QED) is 0.670. The van der Waals surface area contributed by atoms with Gasteiger partial charge < -0.3 is 4.74 Å². The minimum absolute atomic E-state index is 0.0740. The molecule has 0 N–H and O–H groups in total. The van der Waals surface area contributed by atoms with E-state index in [9.17, 15) is 9.59 Å². The van der Waals surface area contributed by atoms with Crippen LogP contribution in [0.15, 0.2) is 0 Å². The molecule has 5 saturated carbocycles. The van der Waals surface area contributed by atoms with E-state index in [1.165, 1.54) is 13.5 Å². The van der Waals surface area contributed by atoms with Crippen molar-refractivity contribution in [2.75, 3.05) is 7.11 Å². The third-order valence-electron chi connectivity index (χ3n) is 6.90. The van der Waals surface area contributed by atoms with Crippen LogP contribution in [-0.4, -0.2) is 18.9 Å². The van der Waals surface area contributed by atoms with Crippen molar-refractivity contribution in [3.63, 3.8) is 0 Å². The Bertz CT molecular complexity index is 456. The van der Waals surface area contributed by atoms with Gasteiger partial charge in [-0.25, -0.2) is 0 Å². The first-order chi connectivity index (χ1) is 8.24. The molecular formula is C14H16O3. The number of carbonyl (C=O) groups is 2. The number of ketones is 1. The van der Waals surface area contributed by atoms with E-state index in [-0.39, 0.29) is 5.97 Å². The van der Waals surface area contributed by atoms with Gasteiger partial charge in [-0.2, -0.15) is 0 Å². The lowest BCUT2D eigenvalue weighted by molar-refractivity contribution is -0.147. The van der Waals surface area contributed by atoms with Crippen LogP contribution in [0.2, 0.25) is 0 Å². The Labute approximate surface area is 99.9 Å². The van der Waals surface area contributed by atoms with E-state index >= 15 is 0 Å². The van der Waals surface area contributed by atoms with Crippen molar-refractivity contribution >= 4 is 11.8 Å². The molecule has 17 heavy (non-hydrogen) atoms. The molecular weight excluding hydrogens is 216 g/mol. The Hall–Kier alpha value is -0.860. The third kappa shape index (κ3) is 0.699. The summed E-state index contributed by atoms with van der Waals surface area (Å²) in [5.74, 6) is 5.85. The summed E-state index contributed by atoms with van der Waals surface area (Å²) in [6.07, 6.45) is 1.86. The lowest BCUT2D eigenvalue weighted by Gasteiger charge is -2.46. The van der Waals surface area contributed by atoms with Gasteiger partial charge in [0.1, 0.15) is 5.78 Å². The smallest absolute Gasteiger partial charge is 0.305 e. The molecule has 5 aliphatic rings. The maximum absolute atomic E-state index is 12.3. The molecule has 0 spiro atoms. The molecule has 2 bridgehead atoms. The monoisotopic (exact) mass is 232 g/mol. The molecule has 5 aliphatic carbocycles. The van der Waals surface area contributed by atoms with Gasteiger partial charge in [-0.3, -0.25) is 9.59 Å². The summed E-state index contributed by atoms with van der Waals surface area (Å²) in [4.78, 5) is 23.8. The van der Waals surface area contributed by atoms with Crippen molar-refractivity contribution in [2.24, 2.45) is 53.3 Å². The molecule has 0 aromatic heterocycles. The highest BCUT2D eigenvalue weighted by molar-refractivity contribution is 5.91. The number of Topliss-reactive ketones (excluding diaryl/α,β-unsaturated/α-hetero) is 1. The Morgan fingerprint density at radius 2 is 2.00 bits per heavy atom. The molecule has 90 valence electrons. The first kappa shape index (κ1) is 9.12. The molecule has 0 aromatic rings. The zero-order valence-electron chi connectivity index (χ0n) is 9.84. The van der Waals surface area contributed by atoms with Crippen LogP contribution in [0.3, 0.4) is 0 Å². The number of carbonyl (C=O) groups excluding carboxylic acids is 2. The first-order valence-electron chi connectivity index (χ1n) is 6.84. The van der Waals surface area contributed by atoms with Gasteiger partial charge in [-0.05, 0) is 47.8 Å². The number of methoxy groups -OCH3 is 1. The van der Waals surface area contributed by atoms with Gasteiger partial charge in [0.15, 0.2) is 0 Å². The van der Waals surface area contributed by atoms with Crippen LogP contribution in [-0.2, 0) is 14.3 Å². The average molecular weight is 232 g/mol. The topological polar surface area (TPSA) is 43.4 Å². The molecule has 0 heterocycles. The van der Waals surface area contributed by atoms with Crippen LogP contribution in [0.4, 0.5) is 0 Å². The summed E-state index contributed by atoms with van der Waals surface area (Å²) in [7, 11) is 1.47. The fourth-order valence-corrected chi connectivity index (χ4v) is 6.89. The minimum atomic E-state index is -0.0740. The largest absolute Gasteiger partial charge is 0.469 e. The van der Waals surface area contributed by atoms with Gasteiger partial charge in [0.05, 0.1) is 7.11 Å². The molecule has 3 nitrogen and oxygen atoms in total. The van der Waals surface area contributed by atoms with Gasteiger partial charge in [-0.1, -0.05) is 0 Å². The second-order valence-electron chi connectivity index (χ2n) is 6.77. The number of ether oxygens (including phenoxy) is 1. The van der Waals surface area contributed by atoms with E-state index < -0.39 is 0 Å². The number of hydrogen-bond donors (Lipinski definition) is 0. The first-order valence-corrected chi connectivity index (χ1v) is 6.84. The van der Waals surface area contributed by atoms with Crippen molar-refractivity contribution in [3.8, 4) is 0 Å². The van der Waals surface area contributed by atoms with Crippen LogP contribution in [0.25, 0.3) is 0 Å². The van der Waals surface area contributed by atoms with Crippen molar-refractivity contribution in [3.05, 3.63) is 0 Å². The van der Waals surface area contributed by atoms with Crippen LogP contribution in [0.1, 0.15) is 12.8 Å². The molecule has 3 heteroatoms. The molecule has 0 amide bonds. The van der Waals surface area contributed by atoms with E-state index in [4.69, 9.17) is 4.74 Å². The molecule has 0 aromatic carbocycles. The molecule has 5 fully saturated rings. The van der Waals surface area contributed by atoms with E-state index in [1.54, 1.807) is 0 Å². The average Bonchev–Trinajstić information content (AvgIpc) is 2.79. The molecule has 9 atom stereocenters. The van der Waals surface area contributed by atoms with Crippen LogP contribution in [0.5, 0.6) is 0 Å². The third-order valence-corrected chi connectivity index (χ3v) is 6.90. The molecule has 9 unspecified atom stereocenters. The van der Waals surface area contributed by atoms with Crippen LogP contribution < -0.4 is 0 Å². The summed E-state index contributed by atoms with van der Waals surface area (Å²) in [6, 6.07) is 0. The van der Waals surface area contributed by atoms with Gasteiger partial charge >= 0.3 is 5.97 Å². The van der Waals surface area contributed by atoms with Crippen molar-refractivity contribution in [2.45, 2.75) is 12.8 Å². The molecule has 0 aliphatic heterocycles. The number of hydrogen-bond acceptors (Lipinski definition) is 3. The summed E-state index contributed by atoms with van der Waals surface area (Å²) >= 11 is 0. The van der Waals surface area contributed by atoms with Crippen molar-refractivity contribution < 1.29 is 14.3 Å². The normalized spacial score (nSPS) is 63.4. The number of fused-ring (bicyclic) bond motifs is 2. The number of rotatable bonds is 2. The lowest BCUT2D eigenvalue weighted by atomic mass is 9.57. The van der Waals surface area contributed by atoms with Crippen LogP contribution in [0, 0.1) is 53.3 Å². The Kier molecular flexibility index (Phi) is 1.32. The minimum Gasteiger partial charge on any atom is -0.469 e. The van der Waals surface area contributed by atoms with Gasteiger partial charge in [0.25, 0.3) is 0 Å². The van der Waals surface area contributed by atoms with E-state index in [1.807, 2.05) is 0 Å². The van der Waals surface area contributed by atoms with Crippen molar-refractivity contribution in [1.82, 2.24) is 0 Å². The standard InChI is InChI=1S/C14H16O3/c1-17-7(15)3-6-8-4-2-5-10-9(4)11(6)13(10)14(16)12(5)8/h4-6,8-13H,2-3H2,1H3. The fourth-order valence-electron chi connectivity index (χ4n) is 6.89. The second kappa shape index (κ2) is 2.45. The zero-order chi connectivity index (χ0) is 11.5. The summed E-state index contributed by atoms with van der Waals surface area (Å²) in [6.45, 7) is 0. The number of esters is 1. The van der Waals surface area contributed by atoms with E-state index in [0.29, 0.717) is 47.7 Å². The maximum atomic E-state index is 12.3. The highest BCUT2D eigenvalue weighted by atomic mass is 16.5. The SMILES string of the molecule is COC(=O)CC1C2C3CC4C2C(=O)C2C4C3C12. The van der Waals surface area contributed by atoms with Gasteiger partial charge in [0, 0.05) is 18.3 Å². The molecule has 0 saturated heterocycles. The van der Waals surface area contributed by atoms with E-state index in [0.717, 1.165) is 17.8 Å². The lowest BCUT2D eigenvalue weighted by Crippen LogP contribution is -2.48. The van der Waals surface area contributed by atoms with Crippen LogP contribution >= 0.6 is 0 Å². The summed E-state index contributed by atoms with van der Waals surface area (Å²) < 4.78 is 4.83.